The summed E-state index contributed by atoms with van der Waals surface area (Å²) in [6.07, 6.45) is 2.82. The molecular weight excluding hydrogens is 400 g/mol. The summed E-state index contributed by atoms with van der Waals surface area (Å²) in [7, 11) is -3.60. The zero-order valence-electron chi connectivity index (χ0n) is 18.4. The summed E-state index contributed by atoms with van der Waals surface area (Å²) in [5.74, 6) is 0.524. The molecule has 7 heteroatoms. The van der Waals surface area contributed by atoms with Crippen molar-refractivity contribution in [3.8, 4) is 5.75 Å². The van der Waals surface area contributed by atoms with E-state index < -0.39 is 16.1 Å². The second kappa shape index (κ2) is 10.5. The third-order valence-electron chi connectivity index (χ3n) is 4.58. The van der Waals surface area contributed by atoms with Crippen molar-refractivity contribution < 1.29 is 17.9 Å². The first-order valence-corrected chi connectivity index (χ1v) is 12.0. The van der Waals surface area contributed by atoms with Gasteiger partial charge in [-0.1, -0.05) is 24.3 Å². The van der Waals surface area contributed by atoms with E-state index in [0.29, 0.717) is 12.2 Å². The molecule has 0 saturated heterocycles. The number of rotatable bonds is 10. The van der Waals surface area contributed by atoms with Gasteiger partial charge in [0.25, 0.3) is 0 Å². The third-order valence-corrected chi connectivity index (χ3v) is 5.82. The molecule has 0 saturated carbocycles. The Hall–Kier alpha value is -2.54. The molecular formula is C23H32N2O4S. The molecule has 6 nitrogen and oxygen atoms in total. The van der Waals surface area contributed by atoms with Crippen LogP contribution in [0.25, 0.3) is 0 Å². The van der Waals surface area contributed by atoms with Crippen LogP contribution in [-0.2, 0) is 21.2 Å². The number of carbonyl (C=O) groups is 1. The van der Waals surface area contributed by atoms with Crippen molar-refractivity contribution in [1.82, 2.24) is 5.32 Å². The molecule has 30 heavy (non-hydrogen) atoms. The van der Waals surface area contributed by atoms with E-state index in [2.05, 4.69) is 5.32 Å². The highest BCUT2D eigenvalue weighted by Gasteiger charge is 2.28. The van der Waals surface area contributed by atoms with Gasteiger partial charge in [0.15, 0.2) is 0 Å². The molecule has 0 aliphatic heterocycles. The van der Waals surface area contributed by atoms with Gasteiger partial charge >= 0.3 is 0 Å². The minimum atomic E-state index is -3.60. The molecule has 1 unspecified atom stereocenters. The molecule has 0 aliphatic carbocycles. The van der Waals surface area contributed by atoms with Crippen LogP contribution in [0.1, 0.15) is 38.3 Å². The van der Waals surface area contributed by atoms with Crippen molar-refractivity contribution in [2.45, 2.75) is 52.7 Å². The predicted octanol–water partition coefficient (Wildman–Crippen LogP) is 3.69. The number of nitrogens with one attached hydrogen (secondary N) is 1. The number of aryl methyl sites for hydroxylation is 2. The molecule has 0 bridgehead atoms. The number of anilines is 1. The molecule has 1 N–H and O–H groups in total. The van der Waals surface area contributed by atoms with Gasteiger partial charge in [0.2, 0.25) is 15.9 Å². The minimum Gasteiger partial charge on any atom is -0.491 e. The molecule has 2 rings (SSSR count). The first-order valence-electron chi connectivity index (χ1n) is 10.2. The first-order chi connectivity index (χ1) is 14.1. The fourth-order valence-corrected chi connectivity index (χ4v) is 4.40. The average Bonchev–Trinajstić information content (AvgIpc) is 2.65. The SMILES string of the molecule is Cc1cccc(N(C(C)C(=O)NCCCc2ccc(OC(C)C)cc2)S(C)(=O)=O)c1. The Labute approximate surface area is 180 Å². The normalized spacial score (nSPS) is 12.5. The number of hydrogen-bond donors (Lipinski definition) is 1. The Morgan fingerprint density at radius 1 is 1.10 bits per heavy atom. The molecule has 0 fully saturated rings. The Morgan fingerprint density at radius 2 is 1.77 bits per heavy atom. The smallest absolute Gasteiger partial charge is 0.243 e. The summed E-state index contributed by atoms with van der Waals surface area (Å²) < 4.78 is 31.5. The number of sulfonamides is 1. The summed E-state index contributed by atoms with van der Waals surface area (Å²) in [5, 5.41) is 2.86. The lowest BCUT2D eigenvalue weighted by Crippen LogP contribution is -2.48. The Kier molecular flexibility index (Phi) is 8.29. The molecule has 1 atom stereocenters. The van der Waals surface area contributed by atoms with Crippen LogP contribution in [0.2, 0.25) is 0 Å². The van der Waals surface area contributed by atoms with Gasteiger partial charge in [-0.05, 0) is 75.9 Å². The Morgan fingerprint density at radius 3 is 2.33 bits per heavy atom. The summed E-state index contributed by atoms with van der Waals surface area (Å²) in [6, 6.07) is 14.2. The maximum absolute atomic E-state index is 12.6. The number of amides is 1. The number of carbonyl (C=O) groups excluding carboxylic acids is 1. The Bertz CT molecular complexity index is 940. The molecule has 2 aromatic carbocycles. The van der Waals surface area contributed by atoms with Crippen LogP contribution in [0.15, 0.2) is 48.5 Å². The van der Waals surface area contributed by atoms with E-state index in [-0.39, 0.29) is 12.0 Å². The van der Waals surface area contributed by atoms with E-state index in [0.717, 1.165) is 36.0 Å². The lowest BCUT2D eigenvalue weighted by Gasteiger charge is -2.28. The summed E-state index contributed by atoms with van der Waals surface area (Å²) in [6.45, 7) is 7.93. The molecule has 164 valence electrons. The van der Waals surface area contributed by atoms with Crippen LogP contribution in [0, 0.1) is 6.92 Å². The average molecular weight is 433 g/mol. The zero-order chi connectivity index (χ0) is 22.3. The van der Waals surface area contributed by atoms with Crippen molar-refractivity contribution in [3.05, 3.63) is 59.7 Å². The van der Waals surface area contributed by atoms with Crippen LogP contribution >= 0.6 is 0 Å². The van der Waals surface area contributed by atoms with Gasteiger partial charge in [0.05, 0.1) is 18.0 Å². The van der Waals surface area contributed by atoms with Crippen molar-refractivity contribution in [3.63, 3.8) is 0 Å². The first kappa shape index (κ1) is 23.7. The van der Waals surface area contributed by atoms with Crippen molar-refractivity contribution in [2.24, 2.45) is 0 Å². The fourth-order valence-electron chi connectivity index (χ4n) is 3.23. The second-order valence-electron chi connectivity index (χ2n) is 7.78. The molecule has 1 amide bonds. The van der Waals surface area contributed by atoms with Gasteiger partial charge in [0.1, 0.15) is 11.8 Å². The third kappa shape index (κ3) is 7.06. The van der Waals surface area contributed by atoms with Crippen molar-refractivity contribution in [1.29, 1.82) is 0 Å². The van der Waals surface area contributed by atoms with E-state index in [4.69, 9.17) is 4.74 Å². The highest BCUT2D eigenvalue weighted by molar-refractivity contribution is 7.92. The van der Waals surface area contributed by atoms with E-state index in [1.54, 1.807) is 25.1 Å². The highest BCUT2D eigenvalue weighted by atomic mass is 32.2. The molecule has 0 heterocycles. The van der Waals surface area contributed by atoms with Gasteiger partial charge < -0.3 is 10.1 Å². The van der Waals surface area contributed by atoms with Gasteiger partial charge in [-0.2, -0.15) is 0 Å². The molecule has 2 aromatic rings. The van der Waals surface area contributed by atoms with Gasteiger partial charge in [-0.3, -0.25) is 9.10 Å². The minimum absolute atomic E-state index is 0.138. The monoisotopic (exact) mass is 432 g/mol. The van der Waals surface area contributed by atoms with E-state index in [9.17, 15) is 13.2 Å². The fraction of sp³-hybridized carbons (Fsp3) is 0.435. The van der Waals surface area contributed by atoms with Crippen LogP contribution < -0.4 is 14.4 Å². The predicted molar refractivity (Wildman–Crippen MR) is 122 cm³/mol. The van der Waals surface area contributed by atoms with Crippen LogP contribution in [0.5, 0.6) is 5.75 Å². The maximum Gasteiger partial charge on any atom is 0.243 e. The number of ether oxygens (including phenoxy) is 1. The van der Waals surface area contributed by atoms with Crippen LogP contribution in [-0.4, -0.2) is 39.3 Å². The van der Waals surface area contributed by atoms with E-state index in [1.165, 1.54) is 4.31 Å². The number of benzene rings is 2. The largest absolute Gasteiger partial charge is 0.491 e. The van der Waals surface area contributed by atoms with E-state index >= 15 is 0 Å². The molecule has 0 aliphatic rings. The topological polar surface area (TPSA) is 75.7 Å². The van der Waals surface area contributed by atoms with Crippen LogP contribution in [0.4, 0.5) is 5.69 Å². The van der Waals surface area contributed by atoms with Gasteiger partial charge in [0, 0.05) is 6.54 Å². The lowest BCUT2D eigenvalue weighted by molar-refractivity contribution is -0.121. The molecule has 0 radical (unpaired) electrons. The number of hydrogen-bond acceptors (Lipinski definition) is 4. The summed E-state index contributed by atoms with van der Waals surface area (Å²) in [4.78, 5) is 12.6. The zero-order valence-corrected chi connectivity index (χ0v) is 19.2. The molecule has 0 aromatic heterocycles. The van der Waals surface area contributed by atoms with Gasteiger partial charge in [-0.15, -0.1) is 0 Å². The highest BCUT2D eigenvalue weighted by Crippen LogP contribution is 2.22. The van der Waals surface area contributed by atoms with Crippen molar-refractivity contribution in [2.75, 3.05) is 17.1 Å². The molecule has 0 spiro atoms. The van der Waals surface area contributed by atoms with Gasteiger partial charge in [-0.25, -0.2) is 8.42 Å². The Balaban J connectivity index is 1.91. The quantitative estimate of drug-likeness (QED) is 0.581. The second-order valence-corrected chi connectivity index (χ2v) is 9.64. The van der Waals surface area contributed by atoms with E-state index in [1.807, 2.05) is 51.1 Å². The standard InChI is InChI=1S/C23H32N2O4S/c1-17(2)29-22-13-11-20(12-14-22)9-7-15-24-23(26)19(4)25(30(5,27)28)21-10-6-8-18(3)16-21/h6,8,10-14,16-17,19H,7,9,15H2,1-5H3,(H,24,26). The van der Waals surface area contributed by atoms with Crippen molar-refractivity contribution >= 4 is 21.6 Å². The lowest BCUT2D eigenvalue weighted by atomic mass is 10.1. The maximum atomic E-state index is 12.6. The summed E-state index contributed by atoms with van der Waals surface area (Å²) >= 11 is 0. The number of nitrogens with zero attached hydrogens (tertiary/aromatic N) is 1. The summed E-state index contributed by atoms with van der Waals surface area (Å²) in [5.41, 5.74) is 2.58. The van der Waals surface area contributed by atoms with Crippen LogP contribution in [0.3, 0.4) is 0 Å².